The van der Waals surface area contributed by atoms with Crippen molar-refractivity contribution in [3.05, 3.63) is 107 Å². The van der Waals surface area contributed by atoms with Gasteiger partial charge in [-0.3, -0.25) is 5.43 Å². The summed E-state index contributed by atoms with van der Waals surface area (Å²) in [6.07, 6.45) is 1.58. The summed E-state index contributed by atoms with van der Waals surface area (Å²) >= 11 is 11.4. The van der Waals surface area contributed by atoms with Crippen molar-refractivity contribution in [2.24, 2.45) is 5.10 Å². The molecule has 0 unspecified atom stereocenters. The van der Waals surface area contributed by atoms with Gasteiger partial charge < -0.3 is 10.1 Å². The summed E-state index contributed by atoms with van der Waals surface area (Å²) in [6.45, 7) is 0. The van der Waals surface area contributed by atoms with Crippen LogP contribution < -0.4 is 15.5 Å². The van der Waals surface area contributed by atoms with Crippen LogP contribution in [0, 0.1) is 0 Å². The number of carbonyl (C=O) groups is 1. The van der Waals surface area contributed by atoms with E-state index in [4.69, 9.17) is 28.6 Å². The predicted octanol–water partition coefficient (Wildman–Crippen LogP) is 6.03. The van der Waals surface area contributed by atoms with Crippen molar-refractivity contribution in [2.75, 3.05) is 5.32 Å². The van der Waals surface area contributed by atoms with Gasteiger partial charge in [-0.15, -0.1) is 0 Å². The van der Waals surface area contributed by atoms with Crippen LogP contribution in [-0.2, 0) is 0 Å². The lowest BCUT2D eigenvalue weighted by Crippen LogP contribution is -2.23. The number of nitrogens with one attached hydrogen (secondary N) is 2. The molecule has 158 valence electrons. The van der Waals surface area contributed by atoms with Gasteiger partial charge in [0.25, 0.3) is 0 Å². The first kappa shape index (κ1) is 21.5. The molecule has 7 heteroatoms. The molecule has 0 aliphatic rings. The van der Waals surface area contributed by atoms with E-state index in [0.717, 1.165) is 16.5 Å². The lowest BCUT2D eigenvalue weighted by molar-refractivity contribution is 0.0735. The van der Waals surface area contributed by atoms with Gasteiger partial charge in [-0.25, -0.2) is 4.79 Å². The molecule has 0 aromatic heterocycles. The largest absolute Gasteiger partial charge is 0.422 e. The fourth-order valence-corrected chi connectivity index (χ4v) is 3.50. The number of carbonyl (C=O) groups excluding carboxylic acids is 1. The zero-order valence-electron chi connectivity index (χ0n) is 16.8. The van der Waals surface area contributed by atoms with Crippen molar-refractivity contribution in [1.29, 1.82) is 0 Å². The number of rotatable bonds is 5. The van der Waals surface area contributed by atoms with Gasteiger partial charge in [0.15, 0.2) is 5.11 Å². The minimum atomic E-state index is -0.547. The molecule has 4 aromatic rings. The summed E-state index contributed by atoms with van der Waals surface area (Å²) in [6, 6.07) is 27.7. The number of hydrazone groups is 1. The molecule has 0 amide bonds. The fraction of sp³-hybridized carbons (Fsp3) is 0. The van der Waals surface area contributed by atoms with Crippen LogP contribution in [0.15, 0.2) is 96.1 Å². The molecule has 0 radical (unpaired) electrons. The Kier molecular flexibility index (Phi) is 6.75. The summed E-state index contributed by atoms with van der Waals surface area (Å²) in [5.74, 6) is -0.184. The minimum Gasteiger partial charge on any atom is -0.422 e. The lowest BCUT2D eigenvalue weighted by atomic mass is 10.0. The number of hydrogen-bond acceptors (Lipinski definition) is 4. The molecule has 5 nitrogen and oxygen atoms in total. The van der Waals surface area contributed by atoms with Crippen LogP contribution in [-0.4, -0.2) is 17.3 Å². The van der Waals surface area contributed by atoms with Gasteiger partial charge in [-0.2, -0.15) is 5.10 Å². The maximum Gasteiger partial charge on any atom is 0.345 e. The topological polar surface area (TPSA) is 62.7 Å². The molecule has 0 spiro atoms. The molecule has 32 heavy (non-hydrogen) atoms. The van der Waals surface area contributed by atoms with Gasteiger partial charge in [-0.1, -0.05) is 72.3 Å². The van der Waals surface area contributed by atoms with Gasteiger partial charge in [0.2, 0.25) is 0 Å². The summed E-state index contributed by atoms with van der Waals surface area (Å²) in [5.41, 5.74) is 4.57. The van der Waals surface area contributed by atoms with Crippen LogP contribution in [0.2, 0.25) is 5.02 Å². The molecule has 0 heterocycles. The second kappa shape index (κ2) is 10.0. The van der Waals surface area contributed by atoms with Crippen LogP contribution in [0.3, 0.4) is 0 Å². The number of ether oxygens (including phenoxy) is 1. The van der Waals surface area contributed by atoms with E-state index < -0.39 is 5.97 Å². The maximum absolute atomic E-state index is 12.7. The monoisotopic (exact) mass is 459 g/mol. The molecule has 0 saturated heterocycles. The first-order valence-electron chi connectivity index (χ1n) is 9.75. The van der Waals surface area contributed by atoms with Crippen molar-refractivity contribution in [3.8, 4) is 5.75 Å². The smallest absolute Gasteiger partial charge is 0.345 e. The van der Waals surface area contributed by atoms with Gasteiger partial charge in [0, 0.05) is 11.3 Å². The Morgan fingerprint density at radius 3 is 2.44 bits per heavy atom. The first-order chi connectivity index (χ1) is 15.6. The normalized spacial score (nSPS) is 10.8. The molecule has 0 saturated carbocycles. The number of hydrogen-bond donors (Lipinski definition) is 2. The average molecular weight is 460 g/mol. The number of para-hydroxylation sites is 1. The van der Waals surface area contributed by atoms with Gasteiger partial charge >= 0.3 is 5.97 Å². The average Bonchev–Trinajstić information content (AvgIpc) is 2.81. The number of anilines is 1. The molecule has 0 fully saturated rings. The zero-order valence-corrected chi connectivity index (χ0v) is 18.4. The Labute approximate surface area is 195 Å². The van der Waals surface area contributed by atoms with E-state index in [2.05, 4.69) is 15.8 Å². The van der Waals surface area contributed by atoms with E-state index in [-0.39, 0.29) is 5.56 Å². The van der Waals surface area contributed by atoms with E-state index in [1.807, 2.05) is 60.7 Å². The zero-order chi connectivity index (χ0) is 22.3. The summed E-state index contributed by atoms with van der Waals surface area (Å²) < 4.78 is 5.68. The molecule has 2 N–H and O–H groups in total. The Hall–Kier alpha value is -3.74. The van der Waals surface area contributed by atoms with Crippen molar-refractivity contribution < 1.29 is 9.53 Å². The molecular weight excluding hydrogens is 442 g/mol. The summed E-state index contributed by atoms with van der Waals surface area (Å²) in [4.78, 5) is 12.7. The SMILES string of the molecule is O=C(Oc1ccc2ccccc2c1C=NNC(=S)Nc1ccccc1)c1ccccc1Cl. The van der Waals surface area contributed by atoms with Gasteiger partial charge in [0.1, 0.15) is 5.75 Å². The number of esters is 1. The quantitative estimate of drug-likeness (QED) is 0.125. The minimum absolute atomic E-state index is 0.288. The summed E-state index contributed by atoms with van der Waals surface area (Å²) in [7, 11) is 0. The molecule has 0 bridgehead atoms. The van der Waals surface area contributed by atoms with E-state index in [1.54, 1.807) is 36.5 Å². The first-order valence-corrected chi connectivity index (χ1v) is 10.5. The van der Waals surface area contributed by atoms with Crippen LogP contribution >= 0.6 is 23.8 Å². The fourth-order valence-electron chi connectivity index (χ4n) is 3.12. The third-order valence-electron chi connectivity index (χ3n) is 4.62. The Balaban J connectivity index is 1.59. The van der Waals surface area contributed by atoms with Crippen molar-refractivity contribution >= 4 is 57.6 Å². The number of nitrogens with zero attached hydrogens (tertiary/aromatic N) is 1. The highest BCUT2D eigenvalue weighted by Crippen LogP contribution is 2.28. The molecule has 4 rings (SSSR count). The molecule has 4 aromatic carbocycles. The number of benzene rings is 4. The van der Waals surface area contributed by atoms with E-state index in [9.17, 15) is 4.79 Å². The van der Waals surface area contributed by atoms with Gasteiger partial charge in [-0.05, 0) is 53.3 Å². The van der Waals surface area contributed by atoms with Crippen LogP contribution in [0.1, 0.15) is 15.9 Å². The number of thiocarbonyl (C=S) groups is 1. The van der Waals surface area contributed by atoms with E-state index >= 15 is 0 Å². The van der Waals surface area contributed by atoms with Crippen molar-refractivity contribution in [2.45, 2.75) is 0 Å². The van der Waals surface area contributed by atoms with Gasteiger partial charge in [0.05, 0.1) is 16.8 Å². The highest BCUT2D eigenvalue weighted by Gasteiger charge is 2.15. The molecular formula is C25H18ClN3O2S. The standard InChI is InChI=1S/C25H18ClN3O2S/c26-22-13-7-6-12-20(22)24(30)31-23-15-14-17-8-4-5-11-19(17)21(23)16-27-29-25(32)28-18-9-2-1-3-10-18/h1-16H,(H2,28,29,32). The van der Waals surface area contributed by atoms with Crippen molar-refractivity contribution in [3.63, 3.8) is 0 Å². The predicted molar refractivity (Wildman–Crippen MR) is 134 cm³/mol. The summed E-state index contributed by atoms with van der Waals surface area (Å²) in [5, 5.41) is 9.82. The molecule has 0 atom stereocenters. The Bertz CT molecular complexity index is 1310. The van der Waals surface area contributed by atoms with Crippen LogP contribution in [0.4, 0.5) is 5.69 Å². The molecule has 0 aliphatic heterocycles. The third kappa shape index (κ3) is 5.11. The van der Waals surface area contributed by atoms with Crippen LogP contribution in [0.5, 0.6) is 5.75 Å². The highest BCUT2D eigenvalue weighted by atomic mass is 35.5. The molecule has 0 aliphatic carbocycles. The third-order valence-corrected chi connectivity index (χ3v) is 5.14. The maximum atomic E-state index is 12.7. The van der Waals surface area contributed by atoms with Crippen LogP contribution in [0.25, 0.3) is 10.8 Å². The van der Waals surface area contributed by atoms with Crippen molar-refractivity contribution in [1.82, 2.24) is 5.43 Å². The Morgan fingerprint density at radius 1 is 0.906 bits per heavy atom. The van der Waals surface area contributed by atoms with E-state index in [0.29, 0.717) is 21.4 Å². The number of halogens is 1. The highest BCUT2D eigenvalue weighted by molar-refractivity contribution is 7.80. The lowest BCUT2D eigenvalue weighted by Gasteiger charge is -2.11. The second-order valence-electron chi connectivity index (χ2n) is 6.76. The number of fused-ring (bicyclic) bond motifs is 1. The van der Waals surface area contributed by atoms with E-state index in [1.165, 1.54) is 0 Å². The second-order valence-corrected chi connectivity index (χ2v) is 7.57. The Morgan fingerprint density at radius 2 is 1.62 bits per heavy atom.